The fraction of sp³-hybridized carbons (Fsp3) is 0.895. The molecule has 0 N–H and O–H groups in total. The summed E-state index contributed by atoms with van der Waals surface area (Å²) in [7, 11) is 0. The Kier molecular flexibility index (Phi) is 3.19. The average Bonchev–Trinajstić information content (AvgIpc) is 3.28. The zero-order valence-electron chi connectivity index (χ0n) is 13.3. The fourth-order valence-corrected chi connectivity index (χ4v) is 6.37. The molecule has 4 aliphatic carbocycles. The molecule has 21 heavy (non-hydrogen) atoms. The van der Waals surface area contributed by atoms with E-state index < -0.39 is 0 Å². The summed E-state index contributed by atoms with van der Waals surface area (Å²) in [6, 6.07) is 0.969. The van der Waals surface area contributed by atoms with Crippen LogP contribution in [-0.4, -0.2) is 48.6 Å². The van der Waals surface area contributed by atoms with Gasteiger partial charge in [-0.05, 0) is 61.7 Å². The molecule has 3 saturated carbocycles. The highest BCUT2D eigenvalue weighted by Crippen LogP contribution is 2.47. The van der Waals surface area contributed by atoms with Gasteiger partial charge >= 0.3 is 0 Å². The lowest BCUT2D eigenvalue weighted by Gasteiger charge is -2.42. The summed E-state index contributed by atoms with van der Waals surface area (Å²) < 4.78 is 0. The van der Waals surface area contributed by atoms with Crippen LogP contribution in [0.25, 0.3) is 0 Å². The van der Waals surface area contributed by atoms with E-state index in [0.717, 1.165) is 35.6 Å². The van der Waals surface area contributed by atoms with E-state index in [1.807, 2.05) is 0 Å². The number of rotatable bonds is 3. The molecule has 2 nitrogen and oxygen atoms in total. The van der Waals surface area contributed by atoms with E-state index in [1.165, 1.54) is 58.4 Å². The third-order valence-electron chi connectivity index (χ3n) is 7.49. The van der Waals surface area contributed by atoms with Crippen molar-refractivity contribution in [3.05, 3.63) is 12.2 Å². The van der Waals surface area contributed by atoms with E-state index in [9.17, 15) is 0 Å². The van der Waals surface area contributed by atoms with Gasteiger partial charge in [-0.1, -0.05) is 18.6 Å². The fourth-order valence-electron chi connectivity index (χ4n) is 6.37. The summed E-state index contributed by atoms with van der Waals surface area (Å²) in [5.41, 5.74) is 0. The second kappa shape index (κ2) is 5.09. The number of allylic oxidation sites excluding steroid dienone is 2. The van der Waals surface area contributed by atoms with Crippen molar-refractivity contribution in [2.45, 2.75) is 44.6 Å². The Morgan fingerprint density at radius 3 is 2.38 bits per heavy atom. The predicted octanol–water partition coefficient (Wildman–Crippen LogP) is 3.00. The second-order valence-corrected chi connectivity index (χ2v) is 8.62. The molecule has 0 aromatic rings. The van der Waals surface area contributed by atoms with Crippen LogP contribution in [0, 0.1) is 29.6 Å². The molecule has 1 saturated heterocycles. The van der Waals surface area contributed by atoms with Crippen LogP contribution in [0.1, 0.15) is 38.5 Å². The molecule has 116 valence electrons. The first-order chi connectivity index (χ1) is 10.3. The van der Waals surface area contributed by atoms with Crippen molar-refractivity contribution in [3.63, 3.8) is 0 Å². The van der Waals surface area contributed by atoms with Crippen molar-refractivity contribution < 1.29 is 0 Å². The van der Waals surface area contributed by atoms with E-state index in [1.54, 1.807) is 12.8 Å². The monoisotopic (exact) mass is 286 g/mol. The largest absolute Gasteiger partial charge is 0.300 e. The van der Waals surface area contributed by atoms with Gasteiger partial charge in [0.25, 0.3) is 0 Å². The van der Waals surface area contributed by atoms with Gasteiger partial charge in [-0.25, -0.2) is 0 Å². The molecule has 1 aliphatic heterocycles. The van der Waals surface area contributed by atoms with Crippen molar-refractivity contribution in [1.29, 1.82) is 0 Å². The van der Waals surface area contributed by atoms with Crippen molar-refractivity contribution >= 4 is 0 Å². The Bertz CT molecular complexity index is 423. The highest BCUT2D eigenvalue weighted by Gasteiger charge is 2.43. The van der Waals surface area contributed by atoms with Crippen LogP contribution in [-0.2, 0) is 0 Å². The Morgan fingerprint density at radius 1 is 0.857 bits per heavy atom. The van der Waals surface area contributed by atoms with Gasteiger partial charge in [-0.3, -0.25) is 4.90 Å². The molecule has 0 radical (unpaired) electrons. The molecule has 5 aliphatic rings. The van der Waals surface area contributed by atoms with Gasteiger partial charge in [0, 0.05) is 38.8 Å². The minimum atomic E-state index is 0.929. The minimum absolute atomic E-state index is 0.929. The molecule has 0 unspecified atom stereocenters. The standard InChI is InChI=1S/C19H30N2/c1-3-16-9-14(1)11-18(16)13-20-5-7-21(8-6-20)19-12-15-2-4-17(19)10-15/h1,3,14-19H,2,4-13H2/t14-,15+,16-,17+,18-,19-/m0/s1. The van der Waals surface area contributed by atoms with E-state index in [2.05, 4.69) is 22.0 Å². The molecule has 5 rings (SSSR count). The summed E-state index contributed by atoms with van der Waals surface area (Å²) >= 11 is 0. The van der Waals surface area contributed by atoms with Crippen LogP contribution < -0.4 is 0 Å². The quantitative estimate of drug-likeness (QED) is 0.736. The molecular formula is C19H30N2. The highest BCUT2D eigenvalue weighted by molar-refractivity contribution is 5.10. The SMILES string of the molecule is C1=C[C@H]2C[C@H]1C[C@H]2CN1CCN([C@H]2C[C@@H]3CC[C@@H]2C3)CC1. The maximum Gasteiger partial charge on any atom is 0.0127 e. The van der Waals surface area contributed by atoms with E-state index in [-0.39, 0.29) is 0 Å². The molecule has 0 aromatic heterocycles. The van der Waals surface area contributed by atoms with Gasteiger partial charge in [0.15, 0.2) is 0 Å². The Hall–Kier alpha value is -0.340. The molecule has 6 atom stereocenters. The van der Waals surface area contributed by atoms with Crippen LogP contribution in [0.4, 0.5) is 0 Å². The van der Waals surface area contributed by atoms with Crippen molar-refractivity contribution in [2.75, 3.05) is 32.7 Å². The van der Waals surface area contributed by atoms with Gasteiger partial charge in [-0.15, -0.1) is 0 Å². The van der Waals surface area contributed by atoms with Crippen molar-refractivity contribution in [1.82, 2.24) is 9.80 Å². The van der Waals surface area contributed by atoms with Crippen LogP contribution in [0.3, 0.4) is 0 Å². The number of hydrogen-bond donors (Lipinski definition) is 0. The average molecular weight is 286 g/mol. The molecule has 2 heteroatoms. The summed E-state index contributed by atoms with van der Waals surface area (Å²) in [4.78, 5) is 5.64. The van der Waals surface area contributed by atoms with Gasteiger partial charge in [0.05, 0.1) is 0 Å². The van der Waals surface area contributed by atoms with Crippen LogP contribution in [0.5, 0.6) is 0 Å². The van der Waals surface area contributed by atoms with Gasteiger partial charge in [-0.2, -0.15) is 0 Å². The smallest absolute Gasteiger partial charge is 0.0127 e. The summed E-state index contributed by atoms with van der Waals surface area (Å²) in [5, 5.41) is 0. The number of nitrogens with zero attached hydrogens (tertiary/aromatic N) is 2. The first kappa shape index (κ1) is 13.1. The van der Waals surface area contributed by atoms with Gasteiger partial charge in [0.2, 0.25) is 0 Å². The maximum atomic E-state index is 2.86. The lowest BCUT2D eigenvalue weighted by atomic mass is 9.92. The molecule has 1 heterocycles. The van der Waals surface area contributed by atoms with Gasteiger partial charge < -0.3 is 4.90 Å². The number of hydrogen-bond acceptors (Lipinski definition) is 2. The zero-order valence-corrected chi connectivity index (χ0v) is 13.3. The summed E-state index contributed by atoms with van der Waals surface area (Å²) in [6.07, 6.45) is 14.1. The molecule has 0 spiro atoms. The van der Waals surface area contributed by atoms with E-state index in [4.69, 9.17) is 0 Å². The first-order valence-electron chi connectivity index (χ1n) is 9.50. The molecule has 0 aromatic carbocycles. The molecular weight excluding hydrogens is 256 g/mol. The third-order valence-corrected chi connectivity index (χ3v) is 7.49. The number of piperazine rings is 1. The lowest BCUT2D eigenvalue weighted by Crippen LogP contribution is -2.52. The van der Waals surface area contributed by atoms with E-state index >= 15 is 0 Å². The Labute approximate surface area is 129 Å². The zero-order chi connectivity index (χ0) is 13.8. The van der Waals surface area contributed by atoms with Crippen molar-refractivity contribution in [3.8, 4) is 0 Å². The first-order valence-corrected chi connectivity index (χ1v) is 9.50. The topological polar surface area (TPSA) is 6.48 Å². The highest BCUT2D eigenvalue weighted by atomic mass is 15.3. The summed E-state index contributed by atoms with van der Waals surface area (Å²) in [6.45, 7) is 6.77. The third kappa shape index (κ3) is 2.30. The molecule has 0 amide bonds. The van der Waals surface area contributed by atoms with Crippen LogP contribution in [0.15, 0.2) is 12.2 Å². The minimum Gasteiger partial charge on any atom is -0.300 e. The molecule has 4 fully saturated rings. The lowest BCUT2D eigenvalue weighted by molar-refractivity contribution is 0.0618. The van der Waals surface area contributed by atoms with Gasteiger partial charge in [0.1, 0.15) is 0 Å². The van der Waals surface area contributed by atoms with Crippen LogP contribution in [0.2, 0.25) is 0 Å². The van der Waals surface area contributed by atoms with Crippen molar-refractivity contribution in [2.24, 2.45) is 29.6 Å². The van der Waals surface area contributed by atoms with E-state index in [0.29, 0.717) is 0 Å². The molecule has 4 bridgehead atoms. The summed E-state index contributed by atoms with van der Waals surface area (Å²) in [5.74, 6) is 5.01. The predicted molar refractivity (Wildman–Crippen MR) is 86.1 cm³/mol. The maximum absolute atomic E-state index is 2.86. The van der Waals surface area contributed by atoms with Crippen LogP contribution >= 0.6 is 0 Å². The number of fused-ring (bicyclic) bond motifs is 4. The Balaban J connectivity index is 1.13. The Morgan fingerprint density at radius 2 is 1.76 bits per heavy atom. The normalized spacial score (nSPS) is 49.5. The second-order valence-electron chi connectivity index (χ2n) is 8.62.